The molecule has 10 heteroatoms. The Balaban J connectivity index is 2.16. The summed E-state index contributed by atoms with van der Waals surface area (Å²) in [5, 5.41) is 8.97. The topological polar surface area (TPSA) is 122 Å². The molecule has 0 aliphatic carbocycles. The fraction of sp³-hybridized carbons (Fsp3) is 0.500. The first-order valence-corrected chi connectivity index (χ1v) is 9.53. The van der Waals surface area contributed by atoms with Crippen molar-refractivity contribution in [3.8, 4) is 11.5 Å². The van der Waals surface area contributed by atoms with Crippen LogP contribution < -0.4 is 14.2 Å². The minimum absolute atomic E-state index is 0.0738. The predicted octanol–water partition coefficient (Wildman–Crippen LogP) is 0.446. The third kappa shape index (κ3) is 4.44. The number of rotatable bonds is 6. The molecule has 1 aromatic carbocycles. The Bertz CT molecular complexity index is 794. The molecule has 1 aliphatic rings. The first-order chi connectivity index (χ1) is 12.1. The van der Waals surface area contributed by atoms with Gasteiger partial charge in [-0.3, -0.25) is 4.79 Å². The van der Waals surface area contributed by atoms with Gasteiger partial charge in [0.25, 0.3) is 0 Å². The second-order valence-electron chi connectivity index (χ2n) is 5.97. The fourth-order valence-corrected chi connectivity index (χ4v) is 3.54. The van der Waals surface area contributed by atoms with Crippen molar-refractivity contribution in [1.82, 2.24) is 9.62 Å². The highest BCUT2D eigenvalue weighted by Gasteiger charge is 2.29. The highest BCUT2D eigenvalue weighted by atomic mass is 32.2. The summed E-state index contributed by atoms with van der Waals surface area (Å²) in [5.74, 6) is -1.06. The van der Waals surface area contributed by atoms with Crippen molar-refractivity contribution in [2.45, 2.75) is 37.2 Å². The molecule has 144 valence electrons. The summed E-state index contributed by atoms with van der Waals surface area (Å²) < 4.78 is 38.3. The number of benzene rings is 1. The summed E-state index contributed by atoms with van der Waals surface area (Å²) in [7, 11) is -2.70. The number of hydrogen-bond acceptors (Lipinski definition) is 6. The Morgan fingerprint density at radius 1 is 1.19 bits per heavy atom. The molecule has 0 bridgehead atoms. The van der Waals surface area contributed by atoms with Crippen LogP contribution in [0.3, 0.4) is 0 Å². The summed E-state index contributed by atoms with van der Waals surface area (Å²) in [6, 6.07) is 1.98. The quantitative estimate of drug-likeness (QED) is 0.727. The first-order valence-electron chi connectivity index (χ1n) is 8.05. The number of carboxylic acids is 1. The number of amides is 1. The molecule has 2 rings (SSSR count). The summed E-state index contributed by atoms with van der Waals surface area (Å²) in [6.45, 7) is 3.59. The number of sulfonamides is 1. The molecule has 9 nitrogen and oxygen atoms in total. The monoisotopic (exact) mass is 386 g/mol. The molecule has 1 aliphatic heterocycles. The molecule has 26 heavy (non-hydrogen) atoms. The zero-order valence-electron chi connectivity index (χ0n) is 14.8. The average molecular weight is 386 g/mol. The molecule has 2 atom stereocenters. The molecule has 1 aromatic rings. The first kappa shape index (κ1) is 20.0. The number of hydrogen-bond donors (Lipinski definition) is 2. The largest absolute Gasteiger partial charge is 0.490 e. The molecular weight excluding hydrogens is 364 g/mol. The summed E-state index contributed by atoms with van der Waals surface area (Å²) in [6.07, 6.45) is 0.689. The van der Waals surface area contributed by atoms with Crippen LogP contribution in [0.15, 0.2) is 23.1 Å². The van der Waals surface area contributed by atoms with Crippen LogP contribution in [0.1, 0.15) is 20.3 Å². The van der Waals surface area contributed by atoms with E-state index in [2.05, 4.69) is 4.72 Å². The lowest BCUT2D eigenvalue weighted by molar-refractivity contribution is -0.148. The predicted molar refractivity (Wildman–Crippen MR) is 91.7 cm³/mol. The second-order valence-corrected chi connectivity index (χ2v) is 7.68. The number of fused-ring (bicyclic) bond motifs is 1. The Kier molecular flexibility index (Phi) is 6.09. The van der Waals surface area contributed by atoms with E-state index in [4.69, 9.17) is 14.6 Å². The molecule has 2 unspecified atom stereocenters. The van der Waals surface area contributed by atoms with E-state index in [1.54, 1.807) is 0 Å². The van der Waals surface area contributed by atoms with E-state index in [0.29, 0.717) is 31.1 Å². The van der Waals surface area contributed by atoms with E-state index in [-0.39, 0.29) is 4.90 Å². The Morgan fingerprint density at radius 3 is 2.42 bits per heavy atom. The summed E-state index contributed by atoms with van der Waals surface area (Å²) in [4.78, 5) is 24.1. The molecular formula is C16H22N2O7S. The SMILES string of the molecule is CC(NS(=O)(=O)c1ccc2c(c1)OCCCO2)C(=O)N(C)C(C)C(=O)O. The standard InChI is InChI=1S/C16H22N2O7S/c1-10(15(19)18(3)11(2)16(20)21)17-26(22,23)12-5-6-13-14(9-12)25-8-4-7-24-13/h5-6,9-11,17H,4,7-8H2,1-3H3,(H,20,21). The van der Waals surface area contributed by atoms with Gasteiger partial charge in [0.2, 0.25) is 15.9 Å². The lowest BCUT2D eigenvalue weighted by Crippen LogP contribution is -2.50. The van der Waals surface area contributed by atoms with Crippen LogP contribution in [0.4, 0.5) is 0 Å². The van der Waals surface area contributed by atoms with Crippen molar-refractivity contribution in [3.05, 3.63) is 18.2 Å². The minimum atomic E-state index is -4.01. The van der Waals surface area contributed by atoms with Crippen LogP contribution in [0, 0.1) is 0 Å². The number of likely N-dealkylation sites (N-methyl/N-ethyl adjacent to an activating group) is 1. The van der Waals surface area contributed by atoms with Crippen molar-refractivity contribution < 1.29 is 32.6 Å². The van der Waals surface area contributed by atoms with E-state index < -0.39 is 34.0 Å². The van der Waals surface area contributed by atoms with E-state index in [1.165, 1.54) is 39.1 Å². The van der Waals surface area contributed by atoms with Gasteiger partial charge >= 0.3 is 5.97 Å². The maximum Gasteiger partial charge on any atom is 0.326 e. The van der Waals surface area contributed by atoms with Gasteiger partial charge in [-0.2, -0.15) is 4.72 Å². The maximum absolute atomic E-state index is 12.6. The Labute approximate surface area is 151 Å². The van der Waals surface area contributed by atoms with E-state index in [9.17, 15) is 18.0 Å². The average Bonchev–Trinajstić information content (AvgIpc) is 2.83. The zero-order valence-corrected chi connectivity index (χ0v) is 15.6. The minimum Gasteiger partial charge on any atom is -0.490 e. The van der Waals surface area contributed by atoms with Gasteiger partial charge in [-0.15, -0.1) is 0 Å². The van der Waals surface area contributed by atoms with Gasteiger partial charge in [0, 0.05) is 19.5 Å². The highest BCUT2D eigenvalue weighted by Crippen LogP contribution is 2.31. The van der Waals surface area contributed by atoms with Gasteiger partial charge < -0.3 is 19.5 Å². The van der Waals surface area contributed by atoms with Crippen LogP contribution in [-0.2, 0) is 19.6 Å². The Morgan fingerprint density at radius 2 is 1.81 bits per heavy atom. The van der Waals surface area contributed by atoms with Crippen molar-refractivity contribution in [3.63, 3.8) is 0 Å². The van der Waals surface area contributed by atoms with Gasteiger partial charge in [0.05, 0.1) is 24.2 Å². The van der Waals surface area contributed by atoms with Crippen molar-refractivity contribution in [1.29, 1.82) is 0 Å². The van der Waals surface area contributed by atoms with Gasteiger partial charge in [0.15, 0.2) is 11.5 Å². The summed E-state index contributed by atoms with van der Waals surface area (Å²) >= 11 is 0. The van der Waals surface area contributed by atoms with Crippen LogP contribution in [0.2, 0.25) is 0 Å². The maximum atomic E-state index is 12.6. The third-order valence-electron chi connectivity index (χ3n) is 4.02. The number of ether oxygens (including phenoxy) is 2. The molecule has 0 saturated carbocycles. The normalized spacial score (nSPS) is 16.3. The smallest absolute Gasteiger partial charge is 0.326 e. The number of nitrogens with one attached hydrogen (secondary N) is 1. The van der Waals surface area contributed by atoms with E-state index >= 15 is 0 Å². The number of carbonyl (C=O) groups excluding carboxylic acids is 1. The molecule has 1 heterocycles. The van der Waals surface area contributed by atoms with Crippen LogP contribution in [-0.4, -0.2) is 62.6 Å². The van der Waals surface area contributed by atoms with Gasteiger partial charge in [-0.1, -0.05) is 0 Å². The van der Waals surface area contributed by atoms with Crippen molar-refractivity contribution in [2.75, 3.05) is 20.3 Å². The van der Waals surface area contributed by atoms with Gasteiger partial charge in [0.1, 0.15) is 6.04 Å². The molecule has 1 amide bonds. The van der Waals surface area contributed by atoms with Crippen LogP contribution in [0.25, 0.3) is 0 Å². The van der Waals surface area contributed by atoms with E-state index in [0.717, 1.165) is 4.90 Å². The number of carbonyl (C=O) groups is 2. The molecule has 0 radical (unpaired) electrons. The summed E-state index contributed by atoms with van der Waals surface area (Å²) in [5.41, 5.74) is 0. The van der Waals surface area contributed by atoms with Crippen molar-refractivity contribution >= 4 is 21.9 Å². The lowest BCUT2D eigenvalue weighted by atomic mass is 10.2. The van der Waals surface area contributed by atoms with Crippen LogP contribution in [0.5, 0.6) is 11.5 Å². The molecule has 0 spiro atoms. The number of nitrogens with zero attached hydrogens (tertiary/aromatic N) is 1. The molecule has 0 saturated heterocycles. The molecule has 0 fully saturated rings. The Hall–Kier alpha value is -2.33. The molecule has 2 N–H and O–H groups in total. The van der Waals surface area contributed by atoms with Crippen molar-refractivity contribution in [2.24, 2.45) is 0 Å². The lowest BCUT2D eigenvalue weighted by Gasteiger charge is -2.25. The number of aliphatic carboxylic acids is 1. The third-order valence-corrected chi connectivity index (χ3v) is 5.56. The number of carboxylic acid groups (broad SMARTS) is 1. The molecule has 0 aromatic heterocycles. The zero-order chi connectivity index (χ0) is 19.5. The van der Waals surface area contributed by atoms with Gasteiger partial charge in [-0.05, 0) is 26.0 Å². The van der Waals surface area contributed by atoms with Crippen LogP contribution >= 0.6 is 0 Å². The second kappa shape index (κ2) is 7.92. The highest BCUT2D eigenvalue weighted by molar-refractivity contribution is 7.89. The van der Waals surface area contributed by atoms with Gasteiger partial charge in [-0.25, -0.2) is 13.2 Å². The fourth-order valence-electron chi connectivity index (χ4n) is 2.32. The van der Waals surface area contributed by atoms with E-state index in [1.807, 2.05) is 0 Å².